The minimum Gasteiger partial charge on any atom is -0.383 e. The Kier molecular flexibility index (Phi) is 3.79. The van der Waals surface area contributed by atoms with Crippen LogP contribution < -0.4 is 5.32 Å². The smallest absolute Gasteiger partial charge is 0.223 e. The molecule has 3 aromatic rings. The number of aromatic nitrogens is 7. The molecule has 114 valence electrons. The SMILES string of the molecule is Cn1ccnc1[C@@H](O)CNc1nccc(-c2ncnn2C)n1. The second kappa shape index (κ2) is 5.90. The van der Waals surface area contributed by atoms with Crippen molar-refractivity contribution < 1.29 is 5.11 Å². The van der Waals surface area contributed by atoms with Gasteiger partial charge in [-0.1, -0.05) is 0 Å². The van der Waals surface area contributed by atoms with Crippen molar-refractivity contribution in [3.63, 3.8) is 0 Å². The zero-order chi connectivity index (χ0) is 15.5. The van der Waals surface area contributed by atoms with Gasteiger partial charge >= 0.3 is 0 Å². The van der Waals surface area contributed by atoms with Crippen LogP contribution in [0, 0.1) is 0 Å². The monoisotopic (exact) mass is 300 g/mol. The number of hydrogen-bond donors (Lipinski definition) is 2. The summed E-state index contributed by atoms with van der Waals surface area (Å²) in [7, 11) is 3.62. The zero-order valence-corrected chi connectivity index (χ0v) is 12.2. The van der Waals surface area contributed by atoms with E-state index in [1.54, 1.807) is 41.0 Å². The molecule has 9 nitrogen and oxygen atoms in total. The Morgan fingerprint density at radius 1 is 1.23 bits per heavy atom. The fraction of sp³-hybridized carbons (Fsp3) is 0.308. The van der Waals surface area contributed by atoms with Crippen molar-refractivity contribution in [1.29, 1.82) is 0 Å². The molecule has 2 N–H and O–H groups in total. The maximum absolute atomic E-state index is 10.1. The highest BCUT2D eigenvalue weighted by Gasteiger charge is 2.13. The van der Waals surface area contributed by atoms with Crippen LogP contribution in [0.25, 0.3) is 11.5 Å². The number of imidazole rings is 1. The molecule has 0 saturated carbocycles. The Bertz CT molecular complexity index is 765. The number of aryl methyl sites for hydroxylation is 2. The number of nitrogens with zero attached hydrogens (tertiary/aromatic N) is 7. The minimum absolute atomic E-state index is 0.257. The molecule has 0 aliphatic carbocycles. The molecule has 0 spiro atoms. The first-order valence-corrected chi connectivity index (χ1v) is 6.71. The second-order valence-electron chi connectivity index (χ2n) is 4.77. The van der Waals surface area contributed by atoms with Crippen LogP contribution in [0.5, 0.6) is 0 Å². The molecule has 9 heteroatoms. The molecule has 1 atom stereocenters. The molecule has 0 aliphatic heterocycles. The van der Waals surface area contributed by atoms with Crippen molar-refractivity contribution in [2.75, 3.05) is 11.9 Å². The summed E-state index contributed by atoms with van der Waals surface area (Å²) in [5.74, 6) is 1.64. The highest BCUT2D eigenvalue weighted by Crippen LogP contribution is 2.14. The van der Waals surface area contributed by atoms with Gasteiger partial charge in [0.05, 0.1) is 6.54 Å². The molecule has 3 rings (SSSR count). The highest BCUT2D eigenvalue weighted by molar-refractivity contribution is 5.50. The summed E-state index contributed by atoms with van der Waals surface area (Å²) in [5, 5.41) is 17.1. The van der Waals surface area contributed by atoms with Crippen LogP contribution >= 0.6 is 0 Å². The van der Waals surface area contributed by atoms with Crippen molar-refractivity contribution in [2.24, 2.45) is 14.1 Å². The summed E-state index contributed by atoms with van der Waals surface area (Å²) in [5.41, 5.74) is 0.656. The number of anilines is 1. The van der Waals surface area contributed by atoms with Crippen molar-refractivity contribution in [3.05, 3.63) is 36.8 Å². The fourth-order valence-electron chi connectivity index (χ4n) is 2.07. The summed E-state index contributed by atoms with van der Waals surface area (Å²) in [4.78, 5) is 16.8. The molecule has 3 heterocycles. The van der Waals surface area contributed by atoms with Crippen LogP contribution in [-0.2, 0) is 14.1 Å². The van der Waals surface area contributed by atoms with Gasteiger partial charge in [0.2, 0.25) is 5.95 Å². The third-order valence-electron chi connectivity index (χ3n) is 3.21. The van der Waals surface area contributed by atoms with E-state index in [4.69, 9.17) is 0 Å². The van der Waals surface area contributed by atoms with E-state index in [9.17, 15) is 5.11 Å². The van der Waals surface area contributed by atoms with E-state index >= 15 is 0 Å². The molecule has 22 heavy (non-hydrogen) atoms. The average Bonchev–Trinajstić information content (AvgIpc) is 3.13. The lowest BCUT2D eigenvalue weighted by atomic mass is 10.3. The second-order valence-corrected chi connectivity index (χ2v) is 4.77. The van der Waals surface area contributed by atoms with Gasteiger partial charge in [-0.3, -0.25) is 0 Å². The average molecular weight is 300 g/mol. The normalized spacial score (nSPS) is 12.3. The van der Waals surface area contributed by atoms with Crippen molar-refractivity contribution in [1.82, 2.24) is 34.3 Å². The Labute approximate surface area is 126 Å². The number of rotatable bonds is 5. The fourth-order valence-corrected chi connectivity index (χ4v) is 2.07. The molecule has 0 fully saturated rings. The number of aliphatic hydroxyl groups is 1. The van der Waals surface area contributed by atoms with E-state index < -0.39 is 6.10 Å². The summed E-state index contributed by atoms with van der Waals surface area (Å²) in [6.07, 6.45) is 5.78. The molecule has 0 bridgehead atoms. The van der Waals surface area contributed by atoms with Gasteiger partial charge in [0.25, 0.3) is 0 Å². The summed E-state index contributed by atoms with van der Waals surface area (Å²) in [6, 6.07) is 1.75. The topological polar surface area (TPSA) is 107 Å². The summed E-state index contributed by atoms with van der Waals surface area (Å²) < 4.78 is 3.40. The largest absolute Gasteiger partial charge is 0.383 e. The Morgan fingerprint density at radius 3 is 2.77 bits per heavy atom. The molecule has 3 aromatic heterocycles. The van der Waals surface area contributed by atoms with Crippen molar-refractivity contribution >= 4 is 5.95 Å². The molecule has 0 aliphatic rings. The third-order valence-corrected chi connectivity index (χ3v) is 3.21. The summed E-state index contributed by atoms with van der Waals surface area (Å²) >= 11 is 0. The van der Waals surface area contributed by atoms with E-state index in [0.717, 1.165) is 0 Å². The van der Waals surface area contributed by atoms with Gasteiger partial charge in [-0.2, -0.15) is 5.10 Å². The maximum atomic E-state index is 10.1. The van der Waals surface area contributed by atoms with Gasteiger partial charge < -0.3 is 15.0 Å². The molecule has 0 saturated heterocycles. The van der Waals surface area contributed by atoms with Crippen LogP contribution in [0.3, 0.4) is 0 Å². The van der Waals surface area contributed by atoms with Gasteiger partial charge in [-0.15, -0.1) is 0 Å². The van der Waals surface area contributed by atoms with E-state index in [0.29, 0.717) is 23.3 Å². The van der Waals surface area contributed by atoms with Crippen LogP contribution in [-0.4, -0.2) is 45.9 Å². The van der Waals surface area contributed by atoms with Gasteiger partial charge in [0, 0.05) is 32.7 Å². The predicted octanol–water partition coefficient (Wildman–Crippen LogP) is 0.151. The molecule has 0 radical (unpaired) electrons. The van der Waals surface area contributed by atoms with Gasteiger partial charge in [0.1, 0.15) is 23.9 Å². The predicted molar refractivity (Wildman–Crippen MR) is 78.7 cm³/mol. The molecule has 0 amide bonds. The van der Waals surface area contributed by atoms with E-state index in [1.807, 2.05) is 7.05 Å². The Hall–Kier alpha value is -2.81. The molecular formula is C13H16N8O. The third kappa shape index (κ3) is 2.79. The first-order valence-electron chi connectivity index (χ1n) is 6.71. The lowest BCUT2D eigenvalue weighted by molar-refractivity contribution is 0.178. The first-order chi connectivity index (χ1) is 10.6. The van der Waals surface area contributed by atoms with Crippen LogP contribution in [0.2, 0.25) is 0 Å². The van der Waals surface area contributed by atoms with Gasteiger partial charge in [-0.05, 0) is 6.07 Å². The number of nitrogens with one attached hydrogen (secondary N) is 1. The Morgan fingerprint density at radius 2 is 2.09 bits per heavy atom. The van der Waals surface area contributed by atoms with Crippen molar-refractivity contribution in [2.45, 2.75) is 6.10 Å². The van der Waals surface area contributed by atoms with Gasteiger partial charge in [0.15, 0.2) is 5.82 Å². The number of aliphatic hydroxyl groups excluding tert-OH is 1. The van der Waals surface area contributed by atoms with E-state index in [2.05, 4.69) is 30.4 Å². The molecule has 0 unspecified atom stereocenters. The first kappa shape index (κ1) is 14.1. The quantitative estimate of drug-likeness (QED) is 0.690. The summed E-state index contributed by atoms with van der Waals surface area (Å²) in [6.45, 7) is 0.257. The molecular weight excluding hydrogens is 284 g/mol. The standard InChI is InChI=1S/C13H16N8O/c1-20-6-5-14-12(20)10(22)7-16-13-15-4-3-9(19-13)11-17-8-18-21(11)2/h3-6,8,10,22H,7H2,1-2H3,(H,15,16,19)/t10-/m0/s1. The Balaban J connectivity index is 1.71. The van der Waals surface area contributed by atoms with E-state index in [1.165, 1.54) is 6.33 Å². The highest BCUT2D eigenvalue weighted by atomic mass is 16.3. The van der Waals surface area contributed by atoms with E-state index in [-0.39, 0.29) is 6.54 Å². The number of hydrogen-bond acceptors (Lipinski definition) is 7. The van der Waals surface area contributed by atoms with Gasteiger partial charge in [-0.25, -0.2) is 24.6 Å². The maximum Gasteiger partial charge on any atom is 0.223 e. The van der Waals surface area contributed by atoms with Crippen LogP contribution in [0.15, 0.2) is 31.0 Å². The lowest BCUT2D eigenvalue weighted by Gasteiger charge is -2.12. The molecule has 0 aromatic carbocycles. The van der Waals surface area contributed by atoms with Crippen LogP contribution in [0.1, 0.15) is 11.9 Å². The lowest BCUT2D eigenvalue weighted by Crippen LogP contribution is -2.17. The minimum atomic E-state index is -0.748. The van der Waals surface area contributed by atoms with Crippen LogP contribution in [0.4, 0.5) is 5.95 Å². The zero-order valence-electron chi connectivity index (χ0n) is 12.2. The van der Waals surface area contributed by atoms with Crippen molar-refractivity contribution in [3.8, 4) is 11.5 Å².